The molecule has 0 fully saturated rings. The highest BCUT2D eigenvalue weighted by molar-refractivity contribution is 7.98. The number of nitrogens with zero attached hydrogens (tertiary/aromatic N) is 2. The normalized spacial score (nSPS) is 10.2. The molecule has 2 aromatic rings. The molecule has 2 nitrogen and oxygen atoms in total. The van der Waals surface area contributed by atoms with E-state index in [0.717, 1.165) is 29.1 Å². The molecule has 2 rings (SSSR count). The lowest BCUT2D eigenvalue weighted by atomic mass is 10.1. The third-order valence-electron chi connectivity index (χ3n) is 3.02. The molecular formula is C15H16N2S2. The van der Waals surface area contributed by atoms with Crippen LogP contribution in [0.25, 0.3) is 0 Å². The van der Waals surface area contributed by atoms with Gasteiger partial charge < -0.3 is 4.90 Å². The average molecular weight is 288 g/mol. The van der Waals surface area contributed by atoms with E-state index in [1.807, 2.05) is 31.5 Å². The maximum Gasteiger partial charge on any atom is 0.102 e. The molecule has 0 aliphatic rings. The van der Waals surface area contributed by atoms with Gasteiger partial charge in [0.25, 0.3) is 0 Å². The molecular weight excluding hydrogens is 272 g/mol. The number of benzene rings is 1. The number of anilines is 1. The van der Waals surface area contributed by atoms with Crippen LogP contribution in [0.15, 0.2) is 40.6 Å². The van der Waals surface area contributed by atoms with Gasteiger partial charge in [0.05, 0.1) is 11.3 Å². The number of nitriles is 1. The smallest absolute Gasteiger partial charge is 0.102 e. The van der Waals surface area contributed by atoms with Crippen molar-refractivity contribution in [2.24, 2.45) is 0 Å². The summed E-state index contributed by atoms with van der Waals surface area (Å²) in [6.45, 7) is 0.924. The summed E-state index contributed by atoms with van der Waals surface area (Å²) in [5.74, 6) is 0. The van der Waals surface area contributed by atoms with E-state index in [4.69, 9.17) is 0 Å². The highest BCUT2D eigenvalue weighted by Crippen LogP contribution is 2.28. The fourth-order valence-corrected chi connectivity index (χ4v) is 3.24. The van der Waals surface area contributed by atoms with Crippen LogP contribution in [0.4, 0.5) is 5.69 Å². The van der Waals surface area contributed by atoms with Gasteiger partial charge in [0, 0.05) is 23.4 Å². The van der Waals surface area contributed by atoms with E-state index in [9.17, 15) is 5.26 Å². The number of hydrogen-bond acceptors (Lipinski definition) is 4. The zero-order chi connectivity index (χ0) is 13.7. The Morgan fingerprint density at radius 3 is 2.79 bits per heavy atom. The lowest BCUT2D eigenvalue weighted by Gasteiger charge is -2.21. The molecule has 0 aliphatic carbocycles. The van der Waals surface area contributed by atoms with E-state index in [2.05, 4.69) is 28.5 Å². The molecule has 1 aromatic heterocycles. The molecule has 0 atom stereocenters. The number of rotatable bonds is 5. The molecule has 4 heteroatoms. The Morgan fingerprint density at radius 2 is 2.16 bits per heavy atom. The van der Waals surface area contributed by atoms with Crippen molar-refractivity contribution in [3.63, 3.8) is 0 Å². The minimum absolute atomic E-state index is 0.781. The van der Waals surface area contributed by atoms with E-state index in [1.54, 1.807) is 23.1 Å². The second-order valence-corrected chi connectivity index (χ2v) is 6.10. The molecule has 98 valence electrons. The van der Waals surface area contributed by atoms with Crippen LogP contribution >= 0.6 is 23.1 Å². The first-order valence-corrected chi connectivity index (χ1v) is 8.17. The Hall–Kier alpha value is -1.44. The van der Waals surface area contributed by atoms with Crippen LogP contribution in [0, 0.1) is 11.3 Å². The van der Waals surface area contributed by atoms with Gasteiger partial charge in [0.1, 0.15) is 6.07 Å². The molecule has 0 amide bonds. The van der Waals surface area contributed by atoms with Crippen molar-refractivity contribution in [3.05, 3.63) is 46.2 Å². The second-order valence-electron chi connectivity index (χ2n) is 4.22. The number of likely N-dealkylation sites (N-methyl/N-ethyl adjacent to an activating group) is 1. The van der Waals surface area contributed by atoms with Crippen molar-refractivity contribution in [2.45, 2.75) is 11.3 Å². The predicted molar refractivity (Wildman–Crippen MR) is 84.2 cm³/mol. The van der Waals surface area contributed by atoms with Crippen LogP contribution < -0.4 is 4.90 Å². The lowest BCUT2D eigenvalue weighted by Crippen LogP contribution is -2.21. The quantitative estimate of drug-likeness (QED) is 0.778. The molecule has 19 heavy (non-hydrogen) atoms. The molecule has 0 saturated heterocycles. The molecule has 0 spiro atoms. The van der Waals surface area contributed by atoms with Crippen molar-refractivity contribution >= 4 is 28.8 Å². The Labute approximate surface area is 122 Å². The van der Waals surface area contributed by atoms with Crippen LogP contribution in [0.2, 0.25) is 0 Å². The van der Waals surface area contributed by atoms with Crippen molar-refractivity contribution < 1.29 is 0 Å². The van der Waals surface area contributed by atoms with E-state index >= 15 is 0 Å². The van der Waals surface area contributed by atoms with Gasteiger partial charge >= 0.3 is 0 Å². The summed E-state index contributed by atoms with van der Waals surface area (Å²) >= 11 is 3.40. The zero-order valence-electron chi connectivity index (χ0n) is 11.1. The van der Waals surface area contributed by atoms with Gasteiger partial charge in [-0.2, -0.15) is 5.26 Å². The van der Waals surface area contributed by atoms with Crippen LogP contribution in [0.5, 0.6) is 0 Å². The summed E-state index contributed by atoms with van der Waals surface area (Å²) in [5.41, 5.74) is 1.80. The molecule has 1 heterocycles. The van der Waals surface area contributed by atoms with Gasteiger partial charge in [-0.25, -0.2) is 0 Å². The fraction of sp³-hybridized carbons (Fsp3) is 0.267. The predicted octanol–water partition coefficient (Wildman–Crippen LogP) is 4.02. The van der Waals surface area contributed by atoms with Gasteiger partial charge in [-0.3, -0.25) is 0 Å². The summed E-state index contributed by atoms with van der Waals surface area (Å²) in [6, 6.07) is 12.6. The minimum atomic E-state index is 0.781. The number of thioether (sulfide) groups is 1. The van der Waals surface area contributed by atoms with E-state index in [0.29, 0.717) is 0 Å². The highest BCUT2D eigenvalue weighted by Gasteiger charge is 2.11. The summed E-state index contributed by atoms with van der Waals surface area (Å²) in [7, 11) is 2.05. The van der Waals surface area contributed by atoms with Crippen molar-refractivity contribution in [1.29, 1.82) is 5.26 Å². The maximum atomic E-state index is 9.34. The zero-order valence-corrected chi connectivity index (χ0v) is 12.7. The summed E-state index contributed by atoms with van der Waals surface area (Å²) < 4.78 is 0. The molecule has 1 aromatic carbocycles. The Kier molecular flexibility index (Phi) is 4.89. The topological polar surface area (TPSA) is 27.0 Å². The molecule has 0 unspecified atom stereocenters. The number of hydrogen-bond donors (Lipinski definition) is 0. The molecule has 0 bridgehead atoms. The van der Waals surface area contributed by atoms with Crippen molar-refractivity contribution in [2.75, 3.05) is 24.7 Å². The summed E-state index contributed by atoms with van der Waals surface area (Å²) in [6.07, 6.45) is 3.02. The second kappa shape index (κ2) is 6.65. The first-order valence-electron chi connectivity index (χ1n) is 6.07. The van der Waals surface area contributed by atoms with E-state index in [1.165, 1.54) is 4.88 Å². The van der Waals surface area contributed by atoms with Gasteiger partial charge in [-0.05, 0) is 36.3 Å². The van der Waals surface area contributed by atoms with E-state index in [-0.39, 0.29) is 0 Å². The van der Waals surface area contributed by atoms with Gasteiger partial charge in [0.15, 0.2) is 0 Å². The monoisotopic (exact) mass is 288 g/mol. The molecule has 0 radical (unpaired) electrons. The van der Waals surface area contributed by atoms with Crippen molar-refractivity contribution in [3.8, 4) is 6.07 Å². The average Bonchev–Trinajstić information content (AvgIpc) is 2.97. The third-order valence-corrected chi connectivity index (χ3v) is 4.74. The molecule has 0 aliphatic heterocycles. The summed E-state index contributed by atoms with van der Waals surface area (Å²) in [4.78, 5) is 4.59. The third kappa shape index (κ3) is 3.31. The Balaban J connectivity index is 2.15. The SMILES string of the molecule is CSc1cccc(N(C)CCc2cccs2)c1C#N. The van der Waals surface area contributed by atoms with Crippen LogP contribution in [0.3, 0.4) is 0 Å². The first kappa shape index (κ1) is 14.0. The van der Waals surface area contributed by atoms with Crippen LogP contribution in [-0.2, 0) is 6.42 Å². The highest BCUT2D eigenvalue weighted by atomic mass is 32.2. The lowest BCUT2D eigenvalue weighted by molar-refractivity contribution is 0.883. The molecule has 0 saturated carbocycles. The fourth-order valence-electron chi connectivity index (χ4n) is 1.97. The first-order chi connectivity index (χ1) is 9.26. The largest absolute Gasteiger partial charge is 0.373 e. The van der Waals surface area contributed by atoms with Gasteiger partial charge in [-0.1, -0.05) is 12.1 Å². The van der Waals surface area contributed by atoms with Gasteiger partial charge in [-0.15, -0.1) is 23.1 Å². The number of thiophene rings is 1. The van der Waals surface area contributed by atoms with Crippen LogP contribution in [0.1, 0.15) is 10.4 Å². The summed E-state index contributed by atoms with van der Waals surface area (Å²) in [5, 5.41) is 11.4. The standard InChI is InChI=1S/C15H16N2S2/c1-17(9-8-12-5-4-10-19-12)14-6-3-7-15(18-2)13(14)11-16/h3-7,10H,8-9H2,1-2H3. The van der Waals surface area contributed by atoms with Crippen LogP contribution in [-0.4, -0.2) is 19.8 Å². The van der Waals surface area contributed by atoms with E-state index < -0.39 is 0 Å². The molecule has 0 N–H and O–H groups in total. The Bertz CT molecular complexity index is 570. The van der Waals surface area contributed by atoms with Crippen molar-refractivity contribution in [1.82, 2.24) is 0 Å². The minimum Gasteiger partial charge on any atom is -0.373 e. The maximum absolute atomic E-state index is 9.34. The Morgan fingerprint density at radius 1 is 1.32 bits per heavy atom. The van der Waals surface area contributed by atoms with Gasteiger partial charge in [0.2, 0.25) is 0 Å².